The molecule has 0 saturated carbocycles. The third-order valence-corrected chi connectivity index (χ3v) is 18.6. The number of benzene rings is 14. The Labute approximate surface area is 575 Å². The highest BCUT2D eigenvalue weighted by atomic mass is 16.3. The lowest BCUT2D eigenvalue weighted by atomic mass is 9.33. The van der Waals surface area contributed by atoms with Crippen LogP contribution in [0.25, 0.3) is 121 Å². The first-order valence-corrected chi connectivity index (χ1v) is 31.0. The van der Waals surface area contributed by atoms with Gasteiger partial charge in [-0.3, -0.25) is 0 Å². The lowest BCUT2D eigenvalue weighted by Crippen LogP contribution is -2.61. The van der Waals surface area contributed by atoms with Crippen molar-refractivity contribution in [3.05, 3.63) is 321 Å². The van der Waals surface area contributed by atoms with Crippen LogP contribution in [0.2, 0.25) is 0 Å². The molecule has 0 radical (unpaired) electrons. The molecule has 0 N–H and O–H groups in total. The quantitative estimate of drug-likeness (QED) is 0.142. The van der Waals surface area contributed by atoms with Crippen molar-refractivity contribution in [1.82, 2.24) is 9.13 Å². The molecule has 14 aromatic carbocycles. The molecule has 17 aromatic rings. The van der Waals surface area contributed by atoms with Crippen LogP contribution in [0.1, 0.15) is 55.1 Å². The van der Waals surface area contributed by atoms with E-state index in [9.17, 15) is 21.9 Å². The molecule has 0 spiro atoms. The number of furan rings is 1. The van der Waals surface area contributed by atoms with E-state index in [1.165, 1.54) is 9.13 Å². The van der Waals surface area contributed by atoms with E-state index < -0.39 is 139 Å². The molecule has 19 rings (SSSR count). The number of nitrogens with zero attached hydrogens (tertiary/aromatic N) is 4. The van der Waals surface area contributed by atoms with Gasteiger partial charge in [-0.2, -0.15) is 0 Å². The molecule has 2 aliphatic heterocycles. The van der Waals surface area contributed by atoms with Gasteiger partial charge in [0.15, 0.2) is 0 Å². The Hall–Kier alpha value is -11.9. The minimum atomic E-state index is -0.991. The summed E-state index contributed by atoms with van der Waals surface area (Å²) < 4.78 is 209. The molecule has 5 nitrogen and oxygen atoms in total. The van der Waals surface area contributed by atoms with Gasteiger partial charge in [0.05, 0.1) is 73.3 Å². The number of fused-ring (bicyclic) bond motifs is 13. The van der Waals surface area contributed by atoms with Crippen molar-refractivity contribution in [2.45, 2.75) is 26.2 Å². The van der Waals surface area contributed by atoms with Gasteiger partial charge in [0, 0.05) is 72.1 Å². The van der Waals surface area contributed by atoms with E-state index in [4.69, 9.17) is 11.3 Å². The van der Waals surface area contributed by atoms with Crippen molar-refractivity contribution in [2.24, 2.45) is 0 Å². The number of hydrogen-bond acceptors (Lipinski definition) is 3. The van der Waals surface area contributed by atoms with E-state index in [0.29, 0.717) is 89.1 Å². The molecule has 6 heteroatoms. The molecule has 94 heavy (non-hydrogen) atoms. The van der Waals surface area contributed by atoms with Crippen LogP contribution < -0.4 is 26.2 Å². The van der Waals surface area contributed by atoms with Crippen molar-refractivity contribution >= 4 is 123 Å². The maximum atomic E-state index is 10.1. The maximum absolute atomic E-state index is 10.1. The van der Waals surface area contributed by atoms with Crippen LogP contribution in [-0.2, 0) is 5.41 Å². The first-order valence-electron chi connectivity index (χ1n) is 41.5. The van der Waals surface area contributed by atoms with Crippen LogP contribution in [0.3, 0.4) is 0 Å². The third-order valence-electron chi connectivity index (χ3n) is 18.6. The summed E-state index contributed by atoms with van der Waals surface area (Å²) in [4.78, 5) is 4.13. The average molecular weight is 1220 g/mol. The molecular formula is C88H61BN4O. The van der Waals surface area contributed by atoms with Gasteiger partial charge in [-0.25, -0.2) is 0 Å². The van der Waals surface area contributed by atoms with Crippen molar-refractivity contribution in [1.29, 1.82) is 0 Å². The highest BCUT2D eigenvalue weighted by molar-refractivity contribution is 7.00. The normalized spacial score (nSPS) is 15.9. The molecule has 2 aliphatic rings. The van der Waals surface area contributed by atoms with E-state index in [1.54, 1.807) is 18.2 Å². The van der Waals surface area contributed by atoms with Gasteiger partial charge in [-0.1, -0.05) is 251 Å². The van der Waals surface area contributed by atoms with E-state index in [-0.39, 0.29) is 66.1 Å². The summed E-state index contributed by atoms with van der Waals surface area (Å²) in [6, 6.07) is 47.0. The number of rotatable bonds is 8. The SMILES string of the molecule is [2H]c1c([2H])c([2H])c(-c2ccc3c(c2)N(c2c(-c4ccccc4)ccc4oc5ccccc5c24)c2cc(-n4c5c([2H])c([2H])c([2H])c([2H])c5c5c([2H])c([2H])c([2H])c([2H])c54)cc4c2B3c2ccc(-n3c5c([2H])c([2H])c([2H])c([2H])c5c5c([2H])c([2H])c([2H])c([2H])c53)cc2N4c2c(-c3ccccc3)cc(C(C)(C)C)cc2-c2ccccc2)c([2H])c1[2H]. The number of para-hydroxylation sites is 5. The second kappa shape index (κ2) is 20.8. The van der Waals surface area contributed by atoms with Crippen LogP contribution >= 0.6 is 0 Å². The summed E-state index contributed by atoms with van der Waals surface area (Å²) in [5, 5.41) is 0.552. The Kier molecular flexibility index (Phi) is 8.17. The van der Waals surface area contributed by atoms with Crippen LogP contribution in [0.15, 0.2) is 319 Å². The van der Waals surface area contributed by atoms with Gasteiger partial charge in [0.2, 0.25) is 0 Å². The van der Waals surface area contributed by atoms with Crippen molar-refractivity contribution in [3.8, 4) is 55.9 Å². The zero-order valence-electron chi connectivity index (χ0n) is 71.7. The molecule has 0 saturated heterocycles. The first-order chi connectivity index (χ1) is 55.0. The molecule has 0 bridgehead atoms. The summed E-state index contributed by atoms with van der Waals surface area (Å²) in [6.07, 6.45) is 0. The van der Waals surface area contributed by atoms with Crippen LogP contribution in [0.4, 0.5) is 34.1 Å². The van der Waals surface area contributed by atoms with Crippen LogP contribution in [-0.4, -0.2) is 15.8 Å². The summed E-state index contributed by atoms with van der Waals surface area (Å²) in [6.45, 7) is 5.36. The fourth-order valence-corrected chi connectivity index (χ4v) is 14.5. The Morgan fingerprint density at radius 2 is 0.798 bits per heavy atom. The third kappa shape index (κ3) is 8.15. The smallest absolute Gasteiger partial charge is 0.252 e. The molecule has 0 amide bonds. The van der Waals surface area contributed by atoms with Crippen molar-refractivity contribution < 1.29 is 33.2 Å². The van der Waals surface area contributed by atoms with E-state index >= 15 is 0 Å². The van der Waals surface area contributed by atoms with E-state index in [1.807, 2.05) is 163 Å². The standard InChI is InChI=1S/C88H61BN4O/c1-88(2,3)61-51-70(58-30-12-6-13-31-58)86(71(52-61)59-32-14-7-15-33-59)92-79-53-62(90-74-39-21-16-34-65(74)66-35-17-22-40-75(66)90)45-48-73(79)89-72-47-44-60(56-26-8-4-9-27-56)50-78(72)93(87-64(57-28-10-5-11-29-57)46-49-83-84(87)69-38-20-25-43-82(69)94-83)81-55-63(54-80(92)85(81)89)91-76-41-23-18-36-67(76)68-37-19-24-42-77(68)91/h4-55H,1-3H3/i4D,8D,9D,16D,17D,18D,19D,21D,22D,23D,24D,26D,27D,34D,35D,36D,37D,39D,40D,41D,42D. The Balaban J connectivity index is 1.09. The minimum Gasteiger partial charge on any atom is -0.456 e. The monoisotopic (exact) mass is 1220 g/mol. The summed E-state index contributed by atoms with van der Waals surface area (Å²) >= 11 is 0. The fourth-order valence-electron chi connectivity index (χ4n) is 14.5. The number of aromatic nitrogens is 2. The molecule has 0 fully saturated rings. The first kappa shape index (κ1) is 36.9. The Morgan fingerprint density at radius 3 is 1.35 bits per heavy atom. The van der Waals surface area contributed by atoms with E-state index in [2.05, 4.69) is 37.8 Å². The molecular weight excluding hydrogens is 1140 g/mol. The number of hydrogen-bond donors (Lipinski definition) is 0. The topological polar surface area (TPSA) is 29.5 Å². The molecule has 0 aliphatic carbocycles. The predicted molar refractivity (Wildman–Crippen MR) is 397 cm³/mol. The molecule has 3 aromatic heterocycles. The second-order valence-electron chi connectivity index (χ2n) is 24.8. The van der Waals surface area contributed by atoms with Gasteiger partial charge in [0.1, 0.15) is 11.2 Å². The summed E-state index contributed by atoms with van der Waals surface area (Å²) in [5.41, 5.74) is 9.42. The van der Waals surface area contributed by atoms with Gasteiger partial charge in [0.25, 0.3) is 6.71 Å². The zero-order valence-corrected chi connectivity index (χ0v) is 50.7. The zero-order chi connectivity index (χ0) is 80.6. The van der Waals surface area contributed by atoms with Crippen molar-refractivity contribution in [3.63, 3.8) is 0 Å². The largest absolute Gasteiger partial charge is 0.456 e. The predicted octanol–water partition coefficient (Wildman–Crippen LogP) is 21.8. The number of anilines is 6. The van der Waals surface area contributed by atoms with Gasteiger partial charge < -0.3 is 23.4 Å². The van der Waals surface area contributed by atoms with Crippen LogP contribution in [0.5, 0.6) is 0 Å². The summed E-state index contributed by atoms with van der Waals surface area (Å²) in [5.74, 6) is 0. The van der Waals surface area contributed by atoms with Gasteiger partial charge in [-0.15, -0.1) is 0 Å². The Bertz CT molecular complexity index is 7000. The summed E-state index contributed by atoms with van der Waals surface area (Å²) in [7, 11) is 0. The Morgan fingerprint density at radius 1 is 0.340 bits per heavy atom. The van der Waals surface area contributed by atoms with Gasteiger partial charge >= 0.3 is 0 Å². The minimum absolute atomic E-state index is 0.0936. The molecule has 0 unspecified atom stereocenters. The fraction of sp³-hybridized carbons (Fsp3) is 0.0455. The van der Waals surface area contributed by atoms with Gasteiger partial charge in [-0.05, 0) is 140 Å². The lowest BCUT2D eigenvalue weighted by Gasteiger charge is -2.46. The molecule has 5 heterocycles. The average Bonchev–Trinajstić information content (AvgIpc) is 1.55. The highest BCUT2D eigenvalue weighted by Crippen LogP contribution is 2.55. The molecule has 442 valence electrons. The van der Waals surface area contributed by atoms with Crippen LogP contribution in [0, 0.1) is 0 Å². The highest BCUT2D eigenvalue weighted by Gasteiger charge is 2.46. The van der Waals surface area contributed by atoms with Crippen molar-refractivity contribution in [2.75, 3.05) is 9.80 Å². The lowest BCUT2D eigenvalue weighted by molar-refractivity contribution is 0.591. The maximum Gasteiger partial charge on any atom is 0.252 e. The van der Waals surface area contributed by atoms with E-state index in [0.717, 1.165) is 22.3 Å². The molecule has 0 atom stereocenters. The second-order valence-corrected chi connectivity index (χ2v) is 24.8.